The molecule has 2 heterocycles. The van der Waals surface area contributed by atoms with Gasteiger partial charge in [0.1, 0.15) is 12.4 Å². The maximum Gasteiger partial charge on any atom is 0.128 e. The van der Waals surface area contributed by atoms with E-state index in [0.717, 1.165) is 36.1 Å². The van der Waals surface area contributed by atoms with E-state index in [1.54, 1.807) is 6.20 Å². The van der Waals surface area contributed by atoms with E-state index < -0.39 is 0 Å². The summed E-state index contributed by atoms with van der Waals surface area (Å²) in [6.45, 7) is 1.44. The third-order valence-corrected chi connectivity index (χ3v) is 3.21. The van der Waals surface area contributed by atoms with Gasteiger partial charge in [0.15, 0.2) is 0 Å². The first-order valence-electron chi connectivity index (χ1n) is 6.22. The number of aromatic nitrogens is 1. The molecular formula is C14H16N2O2. The van der Waals surface area contributed by atoms with Crippen LogP contribution in [-0.4, -0.2) is 24.3 Å². The van der Waals surface area contributed by atoms with Gasteiger partial charge in [0.25, 0.3) is 0 Å². The number of nitrogen functional groups attached to an aromatic ring is 1. The fourth-order valence-corrected chi connectivity index (χ4v) is 2.25. The molecule has 1 aromatic heterocycles. The van der Waals surface area contributed by atoms with Gasteiger partial charge in [-0.15, -0.1) is 0 Å². The topological polar surface area (TPSA) is 57.4 Å². The second kappa shape index (κ2) is 4.82. The van der Waals surface area contributed by atoms with Crippen LogP contribution in [0.4, 0.5) is 5.69 Å². The lowest BCUT2D eigenvalue weighted by Crippen LogP contribution is -2.16. The van der Waals surface area contributed by atoms with Crippen LogP contribution in [0.3, 0.4) is 0 Å². The highest BCUT2D eigenvalue weighted by atomic mass is 16.5. The van der Waals surface area contributed by atoms with Crippen molar-refractivity contribution >= 4 is 16.6 Å². The monoisotopic (exact) mass is 244 g/mol. The molecule has 4 nitrogen and oxygen atoms in total. The molecule has 0 spiro atoms. The Hall–Kier alpha value is -1.81. The number of pyridine rings is 1. The van der Waals surface area contributed by atoms with Crippen molar-refractivity contribution in [3.8, 4) is 5.75 Å². The SMILES string of the molecule is Nc1ccc(OCC2CCCO2)c2cccnc12. The van der Waals surface area contributed by atoms with Crippen LogP contribution in [0.25, 0.3) is 10.9 Å². The van der Waals surface area contributed by atoms with Crippen molar-refractivity contribution in [2.24, 2.45) is 0 Å². The average molecular weight is 244 g/mol. The van der Waals surface area contributed by atoms with Crippen molar-refractivity contribution in [2.45, 2.75) is 18.9 Å². The number of anilines is 1. The number of benzene rings is 1. The van der Waals surface area contributed by atoms with Gasteiger partial charge in [0, 0.05) is 18.2 Å². The van der Waals surface area contributed by atoms with Crippen molar-refractivity contribution in [2.75, 3.05) is 18.9 Å². The van der Waals surface area contributed by atoms with Crippen LogP contribution in [0.2, 0.25) is 0 Å². The molecule has 94 valence electrons. The molecule has 1 aromatic carbocycles. The number of hydrogen-bond donors (Lipinski definition) is 1. The number of fused-ring (bicyclic) bond motifs is 1. The smallest absolute Gasteiger partial charge is 0.128 e. The maximum absolute atomic E-state index is 5.90. The molecule has 1 saturated heterocycles. The van der Waals surface area contributed by atoms with E-state index in [4.69, 9.17) is 15.2 Å². The van der Waals surface area contributed by atoms with Crippen LogP contribution in [0.5, 0.6) is 5.75 Å². The fourth-order valence-electron chi connectivity index (χ4n) is 2.25. The summed E-state index contributed by atoms with van der Waals surface area (Å²) in [5.41, 5.74) is 7.37. The summed E-state index contributed by atoms with van der Waals surface area (Å²) in [6, 6.07) is 7.60. The molecule has 18 heavy (non-hydrogen) atoms. The molecule has 2 N–H and O–H groups in total. The highest BCUT2D eigenvalue weighted by Crippen LogP contribution is 2.28. The van der Waals surface area contributed by atoms with Gasteiger partial charge in [0.2, 0.25) is 0 Å². The van der Waals surface area contributed by atoms with Gasteiger partial charge in [-0.3, -0.25) is 4.98 Å². The highest BCUT2D eigenvalue weighted by molar-refractivity contribution is 5.93. The number of ether oxygens (including phenoxy) is 2. The van der Waals surface area contributed by atoms with Gasteiger partial charge in [0.05, 0.1) is 17.3 Å². The number of hydrogen-bond acceptors (Lipinski definition) is 4. The van der Waals surface area contributed by atoms with Crippen molar-refractivity contribution in [3.05, 3.63) is 30.5 Å². The van der Waals surface area contributed by atoms with Gasteiger partial charge in [-0.05, 0) is 37.1 Å². The van der Waals surface area contributed by atoms with Crippen LogP contribution in [0.15, 0.2) is 30.5 Å². The first-order valence-corrected chi connectivity index (χ1v) is 6.22. The van der Waals surface area contributed by atoms with Crippen LogP contribution < -0.4 is 10.5 Å². The Balaban J connectivity index is 1.85. The summed E-state index contributed by atoms with van der Waals surface area (Å²) in [5.74, 6) is 0.822. The third kappa shape index (κ3) is 2.11. The second-order valence-corrected chi connectivity index (χ2v) is 4.50. The Labute approximate surface area is 106 Å². The second-order valence-electron chi connectivity index (χ2n) is 4.50. The van der Waals surface area contributed by atoms with E-state index in [9.17, 15) is 0 Å². The van der Waals surface area contributed by atoms with E-state index in [2.05, 4.69) is 4.98 Å². The van der Waals surface area contributed by atoms with Crippen molar-refractivity contribution in [1.29, 1.82) is 0 Å². The van der Waals surface area contributed by atoms with E-state index in [0.29, 0.717) is 12.3 Å². The lowest BCUT2D eigenvalue weighted by Gasteiger charge is -2.13. The summed E-state index contributed by atoms with van der Waals surface area (Å²) in [6.07, 6.45) is 4.15. The fraction of sp³-hybridized carbons (Fsp3) is 0.357. The zero-order valence-electron chi connectivity index (χ0n) is 10.1. The van der Waals surface area contributed by atoms with Gasteiger partial charge in [-0.25, -0.2) is 0 Å². The minimum Gasteiger partial charge on any atom is -0.490 e. The zero-order valence-corrected chi connectivity index (χ0v) is 10.1. The summed E-state index contributed by atoms with van der Waals surface area (Å²) in [7, 11) is 0. The molecule has 0 radical (unpaired) electrons. The Morgan fingerprint density at radius 3 is 3.17 bits per heavy atom. The first-order chi connectivity index (χ1) is 8.84. The summed E-state index contributed by atoms with van der Waals surface area (Å²) < 4.78 is 11.4. The van der Waals surface area contributed by atoms with Crippen molar-refractivity contribution in [1.82, 2.24) is 4.98 Å². The molecule has 1 unspecified atom stereocenters. The zero-order chi connectivity index (χ0) is 12.4. The Morgan fingerprint density at radius 1 is 1.39 bits per heavy atom. The van der Waals surface area contributed by atoms with E-state index in [1.165, 1.54) is 0 Å². The van der Waals surface area contributed by atoms with Crippen LogP contribution in [-0.2, 0) is 4.74 Å². The molecule has 0 saturated carbocycles. The maximum atomic E-state index is 5.90. The average Bonchev–Trinajstić information content (AvgIpc) is 2.92. The molecule has 0 aliphatic carbocycles. The molecule has 0 bridgehead atoms. The largest absolute Gasteiger partial charge is 0.490 e. The van der Waals surface area contributed by atoms with E-state index in [1.807, 2.05) is 24.3 Å². The highest BCUT2D eigenvalue weighted by Gasteiger charge is 2.16. The van der Waals surface area contributed by atoms with Crippen molar-refractivity contribution < 1.29 is 9.47 Å². The quantitative estimate of drug-likeness (QED) is 0.842. The number of nitrogens with zero attached hydrogens (tertiary/aromatic N) is 1. The van der Waals surface area contributed by atoms with E-state index in [-0.39, 0.29) is 6.10 Å². The summed E-state index contributed by atoms with van der Waals surface area (Å²) >= 11 is 0. The van der Waals surface area contributed by atoms with Crippen LogP contribution in [0.1, 0.15) is 12.8 Å². The van der Waals surface area contributed by atoms with Crippen LogP contribution >= 0.6 is 0 Å². The summed E-state index contributed by atoms with van der Waals surface area (Å²) in [5, 5.41) is 0.954. The van der Waals surface area contributed by atoms with Gasteiger partial charge >= 0.3 is 0 Å². The predicted octanol–water partition coefficient (Wildman–Crippen LogP) is 2.37. The molecular weight excluding hydrogens is 228 g/mol. The Bertz CT molecular complexity index is 550. The number of nitrogens with two attached hydrogens (primary N) is 1. The molecule has 4 heteroatoms. The lowest BCUT2D eigenvalue weighted by molar-refractivity contribution is 0.0685. The first kappa shape index (κ1) is 11.3. The third-order valence-electron chi connectivity index (χ3n) is 3.21. The summed E-state index contributed by atoms with van der Waals surface area (Å²) in [4.78, 5) is 4.28. The molecule has 2 aromatic rings. The molecule has 1 fully saturated rings. The molecule has 3 rings (SSSR count). The number of rotatable bonds is 3. The van der Waals surface area contributed by atoms with Crippen molar-refractivity contribution in [3.63, 3.8) is 0 Å². The van der Waals surface area contributed by atoms with Crippen LogP contribution in [0, 0.1) is 0 Å². The van der Waals surface area contributed by atoms with Gasteiger partial charge in [-0.1, -0.05) is 0 Å². The van der Waals surface area contributed by atoms with Gasteiger partial charge in [-0.2, -0.15) is 0 Å². The van der Waals surface area contributed by atoms with E-state index >= 15 is 0 Å². The Morgan fingerprint density at radius 2 is 2.33 bits per heavy atom. The predicted molar refractivity (Wildman–Crippen MR) is 70.6 cm³/mol. The van der Waals surface area contributed by atoms with Gasteiger partial charge < -0.3 is 15.2 Å². The molecule has 0 amide bonds. The Kier molecular flexibility index (Phi) is 3.02. The molecule has 1 aliphatic heterocycles. The lowest BCUT2D eigenvalue weighted by atomic mass is 10.1. The molecule has 1 atom stereocenters. The molecule has 1 aliphatic rings. The normalized spacial score (nSPS) is 19.2. The standard InChI is InChI=1S/C14H16N2O2/c15-12-5-6-13(11-4-1-7-16-14(11)12)18-9-10-3-2-8-17-10/h1,4-7,10H,2-3,8-9,15H2. The minimum absolute atomic E-state index is 0.217. The minimum atomic E-state index is 0.217.